The average Bonchev–Trinajstić information content (AvgIpc) is 2.83. The fourth-order valence-corrected chi connectivity index (χ4v) is 2.42. The first kappa shape index (κ1) is 12.6. The molecule has 0 aromatic rings. The van der Waals surface area contributed by atoms with Gasteiger partial charge in [-0.15, -0.1) is 0 Å². The lowest BCUT2D eigenvalue weighted by molar-refractivity contribution is -0.111. The molecular weight excluding hydrogens is 212 g/mol. The molecule has 2 unspecified atom stereocenters. The van der Waals surface area contributed by atoms with Crippen LogP contribution in [-0.4, -0.2) is 17.5 Å². The average molecular weight is 234 g/mol. The maximum atomic E-state index is 11.8. The predicted molar refractivity (Wildman–Crippen MR) is 68.8 cm³/mol. The van der Waals surface area contributed by atoms with Crippen LogP contribution in [0.5, 0.6) is 0 Å². The minimum atomic E-state index is 0.0305. The van der Waals surface area contributed by atoms with E-state index in [2.05, 4.69) is 20.8 Å². The molecule has 2 heteroatoms. The number of ether oxygens (including phenoxy) is 1. The highest BCUT2D eigenvalue weighted by molar-refractivity contribution is 6.03. The van der Waals surface area contributed by atoms with Gasteiger partial charge in [0.05, 0.1) is 11.7 Å². The van der Waals surface area contributed by atoms with Crippen molar-refractivity contribution < 1.29 is 9.53 Å². The molecule has 1 aliphatic heterocycles. The van der Waals surface area contributed by atoms with Crippen molar-refractivity contribution in [3.8, 4) is 0 Å². The summed E-state index contributed by atoms with van der Waals surface area (Å²) in [5.74, 6) is 0.139. The van der Waals surface area contributed by atoms with Crippen LogP contribution in [0.1, 0.15) is 47.0 Å². The second-order valence-electron chi connectivity index (χ2n) is 6.24. The maximum Gasteiger partial charge on any atom is 0.180 e. The van der Waals surface area contributed by atoms with Gasteiger partial charge < -0.3 is 4.74 Å². The molecule has 1 saturated heterocycles. The zero-order valence-corrected chi connectivity index (χ0v) is 11.2. The minimum absolute atomic E-state index is 0.0305. The Morgan fingerprint density at radius 3 is 2.76 bits per heavy atom. The molecule has 94 valence electrons. The second kappa shape index (κ2) is 4.09. The van der Waals surface area contributed by atoms with Crippen LogP contribution in [0.25, 0.3) is 0 Å². The van der Waals surface area contributed by atoms with Gasteiger partial charge >= 0.3 is 0 Å². The highest BCUT2D eigenvalue weighted by atomic mass is 16.6. The van der Waals surface area contributed by atoms with Crippen molar-refractivity contribution in [3.05, 3.63) is 23.8 Å². The monoisotopic (exact) mass is 234 g/mol. The molecule has 1 aliphatic carbocycles. The van der Waals surface area contributed by atoms with E-state index in [1.54, 1.807) is 6.08 Å². The lowest BCUT2D eigenvalue weighted by Gasteiger charge is -2.19. The molecule has 2 rings (SSSR count). The van der Waals surface area contributed by atoms with Crippen molar-refractivity contribution in [2.45, 2.75) is 58.7 Å². The van der Waals surface area contributed by atoms with E-state index in [1.807, 2.05) is 19.1 Å². The van der Waals surface area contributed by atoms with Crippen LogP contribution >= 0.6 is 0 Å². The van der Waals surface area contributed by atoms with Crippen LogP contribution in [0.15, 0.2) is 23.8 Å². The largest absolute Gasteiger partial charge is 0.366 e. The molecule has 0 N–H and O–H groups in total. The molecule has 2 nitrogen and oxygen atoms in total. The maximum absolute atomic E-state index is 11.8. The standard InChI is InChI=1S/C15H22O2/c1-11-6-5-8-15(4)13(17-15)10-14(2,3)9-7-12(11)16/h6-7,9,13H,5,8,10H2,1-4H3/b9-7-,11-6-. The number of hydrogen-bond donors (Lipinski definition) is 0. The van der Waals surface area contributed by atoms with Crippen molar-refractivity contribution in [3.63, 3.8) is 0 Å². The third kappa shape index (κ3) is 2.86. The van der Waals surface area contributed by atoms with Crippen molar-refractivity contribution in [1.82, 2.24) is 0 Å². The number of rotatable bonds is 0. The number of fused-ring (bicyclic) bond motifs is 1. The first-order chi connectivity index (χ1) is 7.82. The number of allylic oxidation sites excluding steroid dienone is 4. The van der Waals surface area contributed by atoms with Gasteiger partial charge in [0.15, 0.2) is 5.78 Å². The van der Waals surface area contributed by atoms with Gasteiger partial charge in [0.1, 0.15) is 0 Å². The Morgan fingerprint density at radius 2 is 2.06 bits per heavy atom. The number of epoxide rings is 1. The first-order valence-electron chi connectivity index (χ1n) is 6.41. The van der Waals surface area contributed by atoms with Gasteiger partial charge in [-0.05, 0) is 50.2 Å². The molecule has 0 bridgehead atoms. The van der Waals surface area contributed by atoms with E-state index < -0.39 is 0 Å². The van der Waals surface area contributed by atoms with Crippen molar-refractivity contribution >= 4 is 5.78 Å². The normalized spacial score (nSPS) is 41.8. The van der Waals surface area contributed by atoms with Crippen LogP contribution in [-0.2, 0) is 9.53 Å². The fourth-order valence-electron chi connectivity index (χ4n) is 2.42. The van der Waals surface area contributed by atoms with Gasteiger partial charge in [0.25, 0.3) is 0 Å². The van der Waals surface area contributed by atoms with Gasteiger partial charge in [-0.3, -0.25) is 4.79 Å². The first-order valence-corrected chi connectivity index (χ1v) is 6.41. The number of carbonyl (C=O) groups is 1. The van der Waals surface area contributed by atoms with Crippen LogP contribution < -0.4 is 0 Å². The third-order valence-corrected chi connectivity index (χ3v) is 3.91. The summed E-state index contributed by atoms with van der Waals surface area (Å²) in [7, 11) is 0. The molecule has 0 aromatic heterocycles. The Morgan fingerprint density at radius 1 is 1.35 bits per heavy atom. The van der Waals surface area contributed by atoms with Gasteiger partial charge in [0.2, 0.25) is 0 Å². The Balaban J connectivity index is 2.21. The summed E-state index contributed by atoms with van der Waals surface area (Å²) in [6.07, 6.45) is 9.07. The molecule has 2 aliphatic rings. The zero-order chi connectivity index (χ0) is 12.7. The van der Waals surface area contributed by atoms with Gasteiger partial charge in [0, 0.05) is 0 Å². The Kier molecular flexibility index (Phi) is 3.03. The van der Waals surface area contributed by atoms with E-state index in [9.17, 15) is 4.79 Å². The van der Waals surface area contributed by atoms with Crippen molar-refractivity contribution in [2.75, 3.05) is 0 Å². The number of hydrogen-bond acceptors (Lipinski definition) is 2. The summed E-state index contributed by atoms with van der Waals surface area (Å²) < 4.78 is 5.83. The summed E-state index contributed by atoms with van der Waals surface area (Å²) in [4.78, 5) is 11.8. The van der Waals surface area contributed by atoms with Crippen LogP contribution in [0.4, 0.5) is 0 Å². The summed E-state index contributed by atoms with van der Waals surface area (Å²) >= 11 is 0. The predicted octanol–water partition coefficient (Wildman–Crippen LogP) is 3.43. The van der Waals surface area contributed by atoms with Gasteiger partial charge in [-0.2, -0.15) is 0 Å². The number of carbonyl (C=O) groups excluding carboxylic acids is 1. The summed E-state index contributed by atoms with van der Waals surface area (Å²) in [5.41, 5.74) is 0.914. The number of ketones is 1. The lowest BCUT2D eigenvalue weighted by atomic mass is 9.84. The zero-order valence-electron chi connectivity index (χ0n) is 11.2. The highest BCUT2D eigenvalue weighted by Gasteiger charge is 2.52. The van der Waals surface area contributed by atoms with E-state index in [4.69, 9.17) is 4.74 Å². The smallest absolute Gasteiger partial charge is 0.180 e. The van der Waals surface area contributed by atoms with Crippen molar-refractivity contribution in [1.29, 1.82) is 0 Å². The second-order valence-corrected chi connectivity index (χ2v) is 6.24. The highest BCUT2D eigenvalue weighted by Crippen LogP contribution is 2.46. The summed E-state index contributed by atoms with van der Waals surface area (Å²) in [6.45, 7) is 8.40. The van der Waals surface area contributed by atoms with E-state index >= 15 is 0 Å². The quantitative estimate of drug-likeness (QED) is 0.601. The molecule has 0 saturated carbocycles. The molecule has 0 amide bonds. The molecule has 0 spiro atoms. The van der Waals surface area contributed by atoms with Crippen LogP contribution in [0, 0.1) is 5.41 Å². The molecule has 1 fully saturated rings. The van der Waals surface area contributed by atoms with Crippen molar-refractivity contribution in [2.24, 2.45) is 5.41 Å². The SMILES string of the molecule is C/C1=C/CCC2(C)OC2CC(C)(C)/C=C\C1=O. The molecule has 0 aromatic carbocycles. The molecule has 17 heavy (non-hydrogen) atoms. The van der Waals surface area contributed by atoms with Gasteiger partial charge in [-0.25, -0.2) is 0 Å². The topological polar surface area (TPSA) is 29.6 Å². The van der Waals surface area contributed by atoms with E-state index in [0.29, 0.717) is 6.10 Å². The van der Waals surface area contributed by atoms with E-state index in [0.717, 1.165) is 24.8 Å². The molecule has 0 radical (unpaired) electrons. The van der Waals surface area contributed by atoms with E-state index in [-0.39, 0.29) is 16.8 Å². The third-order valence-electron chi connectivity index (χ3n) is 3.91. The molecular formula is C15H22O2. The fraction of sp³-hybridized carbons (Fsp3) is 0.667. The summed E-state index contributed by atoms with van der Waals surface area (Å²) in [6, 6.07) is 0. The Labute approximate surface area is 104 Å². The van der Waals surface area contributed by atoms with Crippen LogP contribution in [0.2, 0.25) is 0 Å². The van der Waals surface area contributed by atoms with Crippen LogP contribution in [0.3, 0.4) is 0 Å². The molecule has 1 heterocycles. The Hall–Kier alpha value is -0.890. The van der Waals surface area contributed by atoms with Gasteiger partial charge in [-0.1, -0.05) is 26.0 Å². The Bertz CT molecular complexity index is 390. The minimum Gasteiger partial charge on any atom is -0.366 e. The lowest BCUT2D eigenvalue weighted by Crippen LogP contribution is -2.17. The summed E-state index contributed by atoms with van der Waals surface area (Å²) in [5, 5.41) is 0. The van der Waals surface area contributed by atoms with E-state index in [1.165, 1.54) is 0 Å². The molecule has 2 atom stereocenters.